The third kappa shape index (κ3) is 3.60. The molecule has 0 atom stereocenters. The normalized spacial score (nSPS) is 14.2. The maximum Gasteiger partial charge on any atom is 0.276 e. The van der Waals surface area contributed by atoms with Gasteiger partial charge in [-0.15, -0.1) is 0 Å². The van der Waals surface area contributed by atoms with Crippen molar-refractivity contribution < 1.29 is 13.9 Å². The van der Waals surface area contributed by atoms with Crippen LogP contribution in [0.3, 0.4) is 0 Å². The minimum atomic E-state index is -0.312. The Balaban J connectivity index is 1.43. The summed E-state index contributed by atoms with van der Waals surface area (Å²) in [7, 11) is 0. The van der Waals surface area contributed by atoms with Crippen molar-refractivity contribution in [2.24, 2.45) is 0 Å². The molecule has 4 aromatic rings. The molecule has 0 aliphatic carbocycles. The first kappa shape index (κ1) is 20.2. The average Bonchev–Trinajstić information content (AvgIpc) is 3.37. The highest BCUT2D eigenvalue weighted by Crippen LogP contribution is 2.32. The highest BCUT2D eigenvalue weighted by atomic mass is 19.1. The Kier molecular flexibility index (Phi) is 5.10. The molecule has 0 unspecified atom stereocenters. The zero-order chi connectivity index (χ0) is 22.2. The second-order valence-electron chi connectivity index (χ2n) is 7.86. The number of H-pyrrole nitrogens is 2. The van der Waals surface area contributed by atoms with Crippen molar-refractivity contribution in [1.29, 1.82) is 0 Å². The minimum Gasteiger partial charge on any atom is -0.378 e. The Morgan fingerprint density at radius 3 is 2.78 bits per heavy atom. The summed E-state index contributed by atoms with van der Waals surface area (Å²) in [5.41, 5.74) is 4.81. The number of amides is 1. The van der Waals surface area contributed by atoms with Crippen LogP contribution in [0.4, 0.5) is 15.8 Å². The van der Waals surface area contributed by atoms with Gasteiger partial charge in [-0.05, 0) is 38.1 Å². The number of benzene rings is 1. The monoisotopic (exact) mass is 434 g/mol. The van der Waals surface area contributed by atoms with Crippen molar-refractivity contribution >= 4 is 28.3 Å². The molecule has 1 fully saturated rings. The Hall–Kier alpha value is -3.72. The SMILES string of the molecule is Cc1[nH]nc(C(=O)Nc2cnc3[nH]c(-c4cccc(N5CCOCC5)c4F)cc3c2)c1C. The first-order valence-electron chi connectivity index (χ1n) is 10.4. The van der Waals surface area contributed by atoms with E-state index in [9.17, 15) is 4.79 Å². The highest BCUT2D eigenvalue weighted by molar-refractivity contribution is 6.04. The molecule has 0 radical (unpaired) electrons. The van der Waals surface area contributed by atoms with E-state index in [-0.39, 0.29) is 11.7 Å². The molecule has 1 amide bonds. The zero-order valence-corrected chi connectivity index (χ0v) is 17.8. The number of halogens is 1. The number of aryl methyl sites for hydroxylation is 1. The average molecular weight is 434 g/mol. The summed E-state index contributed by atoms with van der Waals surface area (Å²) in [6.07, 6.45) is 1.57. The Labute approximate surface area is 183 Å². The summed E-state index contributed by atoms with van der Waals surface area (Å²) < 4.78 is 20.7. The van der Waals surface area contributed by atoms with Crippen LogP contribution in [0.2, 0.25) is 0 Å². The van der Waals surface area contributed by atoms with Crippen LogP contribution in [-0.4, -0.2) is 52.4 Å². The van der Waals surface area contributed by atoms with Crippen molar-refractivity contribution in [2.45, 2.75) is 13.8 Å². The molecule has 0 spiro atoms. The van der Waals surface area contributed by atoms with Crippen molar-refractivity contribution in [2.75, 3.05) is 36.5 Å². The Morgan fingerprint density at radius 1 is 1.22 bits per heavy atom. The van der Waals surface area contributed by atoms with Gasteiger partial charge in [0.2, 0.25) is 0 Å². The first-order chi connectivity index (χ1) is 15.5. The van der Waals surface area contributed by atoms with Crippen LogP contribution in [0.1, 0.15) is 21.7 Å². The van der Waals surface area contributed by atoms with Crippen LogP contribution >= 0.6 is 0 Å². The summed E-state index contributed by atoms with van der Waals surface area (Å²) in [6.45, 7) is 6.20. The molecule has 8 nitrogen and oxygen atoms in total. The summed E-state index contributed by atoms with van der Waals surface area (Å²) in [5.74, 6) is -0.591. The number of hydrogen-bond acceptors (Lipinski definition) is 5. The number of pyridine rings is 1. The van der Waals surface area contributed by atoms with E-state index < -0.39 is 0 Å². The van der Waals surface area contributed by atoms with Gasteiger partial charge >= 0.3 is 0 Å². The number of aromatic amines is 2. The van der Waals surface area contributed by atoms with Crippen molar-refractivity contribution in [3.05, 3.63) is 59.3 Å². The largest absolute Gasteiger partial charge is 0.378 e. The van der Waals surface area contributed by atoms with Crippen LogP contribution in [-0.2, 0) is 4.74 Å². The Morgan fingerprint density at radius 2 is 2.03 bits per heavy atom. The van der Waals surface area contributed by atoms with E-state index >= 15 is 4.39 Å². The predicted octanol–water partition coefficient (Wildman–Crippen LogP) is 3.80. The van der Waals surface area contributed by atoms with Crippen molar-refractivity contribution in [3.63, 3.8) is 0 Å². The lowest BCUT2D eigenvalue weighted by atomic mass is 10.1. The lowest BCUT2D eigenvalue weighted by Crippen LogP contribution is -2.36. The third-order valence-corrected chi connectivity index (χ3v) is 5.82. The molecule has 0 saturated carbocycles. The second kappa shape index (κ2) is 8.08. The molecule has 0 bridgehead atoms. The van der Waals surface area contributed by atoms with E-state index in [1.807, 2.05) is 30.9 Å². The summed E-state index contributed by atoms with van der Waals surface area (Å²) in [5, 5.41) is 10.5. The molecule has 1 aliphatic rings. The fourth-order valence-electron chi connectivity index (χ4n) is 3.90. The number of ether oxygens (including phenoxy) is 1. The van der Waals surface area contributed by atoms with Crippen molar-refractivity contribution in [1.82, 2.24) is 20.2 Å². The zero-order valence-electron chi connectivity index (χ0n) is 17.8. The van der Waals surface area contributed by atoms with Gasteiger partial charge in [-0.1, -0.05) is 6.07 Å². The number of aromatic nitrogens is 4. The molecule has 3 aromatic heterocycles. The van der Waals surface area contributed by atoms with Gasteiger partial charge in [0.1, 0.15) is 5.65 Å². The number of carbonyl (C=O) groups is 1. The minimum absolute atomic E-state index is 0.279. The summed E-state index contributed by atoms with van der Waals surface area (Å²) in [4.78, 5) is 22.1. The third-order valence-electron chi connectivity index (χ3n) is 5.82. The first-order valence-corrected chi connectivity index (χ1v) is 10.4. The number of fused-ring (bicyclic) bond motifs is 1. The molecular weight excluding hydrogens is 411 g/mol. The van der Waals surface area contributed by atoms with Gasteiger partial charge in [-0.3, -0.25) is 9.89 Å². The molecule has 1 aliphatic heterocycles. The van der Waals surface area contributed by atoms with Gasteiger partial charge in [-0.2, -0.15) is 5.10 Å². The van der Waals surface area contributed by atoms with Gasteiger partial charge in [0.15, 0.2) is 11.5 Å². The van der Waals surface area contributed by atoms with E-state index in [0.717, 1.165) is 16.6 Å². The number of nitrogens with zero attached hydrogens (tertiary/aromatic N) is 3. The lowest BCUT2D eigenvalue weighted by molar-refractivity contribution is 0.102. The van der Waals surface area contributed by atoms with Crippen LogP contribution < -0.4 is 10.2 Å². The number of hydrogen-bond donors (Lipinski definition) is 3. The number of carbonyl (C=O) groups excluding carboxylic acids is 1. The van der Waals surface area contributed by atoms with E-state index in [1.54, 1.807) is 24.4 Å². The van der Waals surface area contributed by atoms with Crippen molar-refractivity contribution in [3.8, 4) is 11.3 Å². The van der Waals surface area contributed by atoms with E-state index in [0.29, 0.717) is 60.3 Å². The van der Waals surface area contributed by atoms with Crippen LogP contribution in [0.15, 0.2) is 36.5 Å². The molecule has 32 heavy (non-hydrogen) atoms. The van der Waals surface area contributed by atoms with E-state index in [1.165, 1.54) is 0 Å². The van der Waals surface area contributed by atoms with Crippen LogP contribution in [0, 0.1) is 19.7 Å². The van der Waals surface area contributed by atoms with Gasteiger partial charge in [0, 0.05) is 35.3 Å². The molecule has 1 saturated heterocycles. The van der Waals surface area contributed by atoms with E-state index in [2.05, 4.69) is 25.5 Å². The number of morpholine rings is 1. The topological polar surface area (TPSA) is 98.9 Å². The van der Waals surface area contributed by atoms with Gasteiger partial charge < -0.3 is 19.9 Å². The van der Waals surface area contributed by atoms with Gasteiger partial charge in [0.05, 0.1) is 36.5 Å². The molecule has 4 heterocycles. The lowest BCUT2D eigenvalue weighted by Gasteiger charge is -2.29. The highest BCUT2D eigenvalue weighted by Gasteiger charge is 2.19. The molecule has 1 aromatic carbocycles. The van der Waals surface area contributed by atoms with Gasteiger partial charge in [-0.25, -0.2) is 9.37 Å². The fraction of sp³-hybridized carbons (Fsp3) is 0.261. The number of anilines is 2. The fourth-order valence-corrected chi connectivity index (χ4v) is 3.90. The summed E-state index contributed by atoms with van der Waals surface area (Å²) >= 11 is 0. The second-order valence-corrected chi connectivity index (χ2v) is 7.86. The molecule has 164 valence electrons. The smallest absolute Gasteiger partial charge is 0.276 e. The quantitative estimate of drug-likeness (QED) is 0.454. The van der Waals surface area contributed by atoms with Crippen LogP contribution in [0.5, 0.6) is 0 Å². The Bertz CT molecular complexity index is 1310. The standard InChI is InChI=1S/C23H23FN6O2/c1-13-14(2)28-29-21(13)23(31)26-16-10-15-11-18(27-22(15)25-12-16)17-4-3-5-19(20(17)24)30-6-8-32-9-7-30/h3-5,10-12H,6-9H2,1-2H3,(H,25,27)(H,26,31)(H,28,29). The molecular formula is C23H23FN6O2. The maximum atomic E-state index is 15.4. The number of rotatable bonds is 4. The molecule has 9 heteroatoms. The van der Waals surface area contributed by atoms with E-state index in [4.69, 9.17) is 4.74 Å². The molecule has 5 rings (SSSR count). The predicted molar refractivity (Wildman–Crippen MR) is 121 cm³/mol. The number of nitrogens with one attached hydrogen (secondary N) is 3. The van der Waals surface area contributed by atoms with Crippen LogP contribution in [0.25, 0.3) is 22.3 Å². The van der Waals surface area contributed by atoms with Gasteiger partial charge in [0.25, 0.3) is 5.91 Å². The maximum absolute atomic E-state index is 15.4. The molecule has 3 N–H and O–H groups in total. The summed E-state index contributed by atoms with van der Waals surface area (Å²) in [6, 6.07) is 9.02.